The highest BCUT2D eigenvalue weighted by Crippen LogP contribution is 2.40. The molecule has 2 heterocycles. The van der Waals surface area contributed by atoms with Gasteiger partial charge in [0.15, 0.2) is 0 Å². The molecule has 6 heteroatoms. The molecule has 1 saturated carbocycles. The van der Waals surface area contributed by atoms with Crippen molar-refractivity contribution in [1.82, 2.24) is 9.55 Å². The molecule has 1 aromatic carbocycles. The van der Waals surface area contributed by atoms with Gasteiger partial charge in [-0.15, -0.1) is 0 Å². The van der Waals surface area contributed by atoms with Gasteiger partial charge in [0.1, 0.15) is 11.2 Å². The summed E-state index contributed by atoms with van der Waals surface area (Å²) in [6.07, 6.45) is 5.90. The van der Waals surface area contributed by atoms with Crippen molar-refractivity contribution in [3.8, 4) is 0 Å². The number of nitrogens with zero attached hydrogens (tertiary/aromatic N) is 2. The maximum absolute atomic E-state index is 13.0. The fraction of sp³-hybridized carbons (Fsp3) is 0.444. The van der Waals surface area contributed by atoms with Crippen LogP contribution in [0, 0.1) is 0 Å². The van der Waals surface area contributed by atoms with Crippen LogP contribution in [0.4, 0.5) is 4.79 Å². The number of carbonyl (C=O) groups is 2. The first kappa shape index (κ1) is 23.0. The van der Waals surface area contributed by atoms with E-state index in [0.717, 1.165) is 34.9 Å². The van der Waals surface area contributed by atoms with Crippen molar-refractivity contribution in [2.75, 3.05) is 0 Å². The van der Waals surface area contributed by atoms with Crippen LogP contribution >= 0.6 is 0 Å². The van der Waals surface area contributed by atoms with Gasteiger partial charge in [-0.1, -0.05) is 12.1 Å². The number of hydrogen-bond acceptors (Lipinski definition) is 5. The maximum Gasteiger partial charge on any atom is 0.418 e. The van der Waals surface area contributed by atoms with E-state index in [1.54, 1.807) is 6.20 Å². The molecule has 1 aliphatic rings. The summed E-state index contributed by atoms with van der Waals surface area (Å²) in [7, 11) is 0. The number of hydrogen-bond donors (Lipinski definition) is 0. The Balaban J connectivity index is 1.69. The molecular formula is C27H32N2O4. The van der Waals surface area contributed by atoms with Gasteiger partial charge in [-0.2, -0.15) is 0 Å². The highest BCUT2D eigenvalue weighted by Gasteiger charge is 2.28. The predicted octanol–water partition coefficient (Wildman–Crippen LogP) is 6.24. The minimum Gasteiger partial charge on any atom is -0.456 e. The normalized spacial score (nSPS) is 14.4. The van der Waals surface area contributed by atoms with Crippen molar-refractivity contribution < 1.29 is 19.1 Å². The summed E-state index contributed by atoms with van der Waals surface area (Å²) >= 11 is 0. The van der Waals surface area contributed by atoms with Crippen LogP contribution in [0.15, 0.2) is 42.7 Å². The van der Waals surface area contributed by atoms with Crippen molar-refractivity contribution in [2.24, 2.45) is 0 Å². The molecule has 0 saturated heterocycles. The van der Waals surface area contributed by atoms with Gasteiger partial charge in [-0.05, 0) is 89.6 Å². The van der Waals surface area contributed by atoms with Crippen molar-refractivity contribution in [1.29, 1.82) is 0 Å². The van der Waals surface area contributed by atoms with E-state index in [2.05, 4.69) is 4.98 Å². The molecule has 0 bridgehead atoms. The van der Waals surface area contributed by atoms with Crippen molar-refractivity contribution in [3.05, 3.63) is 65.1 Å². The van der Waals surface area contributed by atoms with E-state index in [-0.39, 0.29) is 5.97 Å². The average molecular weight is 449 g/mol. The van der Waals surface area contributed by atoms with Gasteiger partial charge in [-0.3, -0.25) is 9.55 Å². The predicted molar refractivity (Wildman–Crippen MR) is 128 cm³/mol. The number of fused-ring (bicyclic) bond motifs is 1. The summed E-state index contributed by atoms with van der Waals surface area (Å²) in [5.74, 6) is 0.130. The largest absolute Gasteiger partial charge is 0.456 e. The number of esters is 1. The van der Waals surface area contributed by atoms with Gasteiger partial charge in [0.25, 0.3) is 0 Å². The van der Waals surface area contributed by atoms with Gasteiger partial charge in [0.05, 0.1) is 16.8 Å². The SMILES string of the molecule is CC(C)(C)OC(=O)c1cc(C2CC2)cnc1Cc1cccc2c1ccn2C(=O)OC(C)(C)C. The van der Waals surface area contributed by atoms with Crippen LogP contribution in [0.5, 0.6) is 0 Å². The third-order valence-corrected chi connectivity index (χ3v) is 5.43. The zero-order valence-corrected chi connectivity index (χ0v) is 20.3. The number of pyridine rings is 1. The zero-order valence-electron chi connectivity index (χ0n) is 20.3. The lowest BCUT2D eigenvalue weighted by Crippen LogP contribution is -2.26. The van der Waals surface area contributed by atoms with E-state index in [9.17, 15) is 9.59 Å². The summed E-state index contributed by atoms with van der Waals surface area (Å²) in [5, 5.41) is 0.923. The molecule has 1 aliphatic carbocycles. The lowest BCUT2D eigenvalue weighted by Gasteiger charge is -2.21. The number of aromatic nitrogens is 2. The molecule has 0 aliphatic heterocycles. The zero-order chi connectivity index (χ0) is 24.0. The Morgan fingerprint density at radius 2 is 1.73 bits per heavy atom. The van der Waals surface area contributed by atoms with Crippen molar-refractivity contribution >= 4 is 23.0 Å². The number of carbonyl (C=O) groups excluding carboxylic acids is 2. The van der Waals surface area contributed by atoms with Crippen LogP contribution in [0.3, 0.4) is 0 Å². The monoisotopic (exact) mass is 448 g/mol. The molecule has 3 aromatic rings. The van der Waals surface area contributed by atoms with E-state index in [1.165, 1.54) is 4.57 Å². The average Bonchev–Trinajstić information content (AvgIpc) is 3.44. The minimum absolute atomic E-state index is 0.356. The van der Waals surface area contributed by atoms with E-state index in [4.69, 9.17) is 9.47 Å². The third-order valence-electron chi connectivity index (χ3n) is 5.43. The van der Waals surface area contributed by atoms with Crippen molar-refractivity contribution in [2.45, 2.75) is 77.9 Å². The van der Waals surface area contributed by atoms with E-state index in [1.807, 2.05) is 78.1 Å². The standard InChI is InChI=1S/C27H32N2O4/c1-26(2,3)32-24(30)21-14-19(17-10-11-17)16-28-22(21)15-18-8-7-9-23-20(18)12-13-29(23)25(31)33-27(4,5)6/h7-9,12-14,16-17H,10-11,15H2,1-6H3. The first-order chi connectivity index (χ1) is 15.4. The molecule has 0 atom stereocenters. The molecular weight excluding hydrogens is 416 g/mol. The first-order valence-electron chi connectivity index (χ1n) is 11.5. The highest BCUT2D eigenvalue weighted by atomic mass is 16.6. The Morgan fingerprint density at radius 1 is 1.03 bits per heavy atom. The fourth-order valence-electron chi connectivity index (χ4n) is 3.84. The fourth-order valence-corrected chi connectivity index (χ4v) is 3.84. The number of rotatable bonds is 4. The molecule has 4 rings (SSSR count). The molecule has 0 N–H and O–H groups in total. The highest BCUT2D eigenvalue weighted by molar-refractivity contribution is 5.93. The summed E-state index contributed by atoms with van der Waals surface area (Å²) < 4.78 is 12.7. The molecule has 1 fully saturated rings. The summed E-state index contributed by atoms with van der Waals surface area (Å²) in [5.41, 5.74) is 2.84. The van der Waals surface area contributed by atoms with Crippen LogP contribution in [-0.2, 0) is 15.9 Å². The van der Waals surface area contributed by atoms with Gasteiger partial charge in [-0.25, -0.2) is 9.59 Å². The molecule has 33 heavy (non-hydrogen) atoms. The second-order valence-corrected chi connectivity index (χ2v) is 10.7. The maximum atomic E-state index is 13.0. The van der Waals surface area contributed by atoms with Gasteiger partial charge in [0.2, 0.25) is 0 Å². The second kappa shape index (κ2) is 8.32. The minimum atomic E-state index is -0.589. The molecule has 0 radical (unpaired) electrons. The quantitative estimate of drug-likeness (QED) is 0.442. The summed E-state index contributed by atoms with van der Waals surface area (Å²) in [6.45, 7) is 11.1. The summed E-state index contributed by atoms with van der Waals surface area (Å²) in [6, 6.07) is 9.64. The Labute approximate surface area is 194 Å². The van der Waals surface area contributed by atoms with Crippen LogP contribution in [0.25, 0.3) is 10.9 Å². The molecule has 174 valence electrons. The number of benzene rings is 1. The number of ether oxygens (including phenoxy) is 2. The Hall–Kier alpha value is -3.15. The Kier molecular flexibility index (Phi) is 5.81. The van der Waals surface area contributed by atoms with E-state index >= 15 is 0 Å². The van der Waals surface area contributed by atoms with Crippen LogP contribution in [0.1, 0.15) is 87.5 Å². The van der Waals surface area contributed by atoms with Crippen LogP contribution < -0.4 is 0 Å². The third kappa shape index (κ3) is 5.44. The lowest BCUT2D eigenvalue weighted by molar-refractivity contribution is 0.00675. The smallest absolute Gasteiger partial charge is 0.418 e. The topological polar surface area (TPSA) is 70.4 Å². The van der Waals surface area contributed by atoms with Gasteiger partial charge >= 0.3 is 12.1 Å². The van der Waals surface area contributed by atoms with Crippen LogP contribution in [-0.4, -0.2) is 32.8 Å². The van der Waals surface area contributed by atoms with E-state index < -0.39 is 17.3 Å². The summed E-state index contributed by atoms with van der Waals surface area (Å²) in [4.78, 5) is 30.4. The van der Waals surface area contributed by atoms with E-state index in [0.29, 0.717) is 23.6 Å². The molecule has 0 amide bonds. The Bertz CT molecular complexity index is 1210. The molecule has 6 nitrogen and oxygen atoms in total. The van der Waals surface area contributed by atoms with Crippen molar-refractivity contribution in [3.63, 3.8) is 0 Å². The van der Waals surface area contributed by atoms with Gasteiger partial charge in [0, 0.05) is 24.2 Å². The lowest BCUT2D eigenvalue weighted by atomic mass is 10.00. The van der Waals surface area contributed by atoms with Gasteiger partial charge < -0.3 is 9.47 Å². The second-order valence-electron chi connectivity index (χ2n) is 10.7. The molecule has 2 aromatic heterocycles. The molecule has 0 spiro atoms. The first-order valence-corrected chi connectivity index (χ1v) is 11.5. The molecule has 0 unspecified atom stereocenters. The van der Waals surface area contributed by atoms with Crippen LogP contribution in [0.2, 0.25) is 0 Å². The Morgan fingerprint density at radius 3 is 2.36 bits per heavy atom.